The molecule has 0 radical (unpaired) electrons. The average molecular weight is 283 g/mol. The molecule has 5 heteroatoms. The van der Waals surface area contributed by atoms with Crippen molar-refractivity contribution in [1.82, 2.24) is 10.2 Å². The van der Waals surface area contributed by atoms with Crippen LogP contribution in [-0.2, 0) is 0 Å². The molecular formula is C11H11BrN2O2. The minimum absolute atomic E-state index is 0.259. The van der Waals surface area contributed by atoms with Gasteiger partial charge in [-0.2, -0.15) is 0 Å². The van der Waals surface area contributed by atoms with Crippen LogP contribution in [-0.4, -0.2) is 29.9 Å². The number of hydrogen-bond acceptors (Lipinski definition) is 2. The highest BCUT2D eigenvalue weighted by Gasteiger charge is 2.28. The van der Waals surface area contributed by atoms with Crippen LogP contribution < -0.4 is 5.32 Å². The molecule has 1 saturated heterocycles. The topological polar surface area (TPSA) is 49.4 Å². The van der Waals surface area contributed by atoms with Crippen molar-refractivity contribution >= 4 is 27.9 Å². The monoisotopic (exact) mass is 282 g/mol. The molecule has 4 nitrogen and oxygen atoms in total. The molecule has 1 aromatic rings. The molecule has 0 bridgehead atoms. The van der Waals surface area contributed by atoms with Gasteiger partial charge in [-0.15, -0.1) is 0 Å². The second-order valence-electron chi connectivity index (χ2n) is 3.63. The highest BCUT2D eigenvalue weighted by Crippen LogP contribution is 2.22. The van der Waals surface area contributed by atoms with Gasteiger partial charge in [-0.1, -0.05) is 12.1 Å². The van der Waals surface area contributed by atoms with Crippen LogP contribution in [0.4, 0.5) is 4.79 Å². The lowest BCUT2D eigenvalue weighted by Gasteiger charge is -2.13. The first-order valence-corrected chi connectivity index (χ1v) is 5.75. The van der Waals surface area contributed by atoms with Crippen LogP contribution in [0.2, 0.25) is 0 Å². The third-order valence-corrected chi connectivity index (χ3v) is 3.58. The van der Waals surface area contributed by atoms with Crippen LogP contribution in [0.5, 0.6) is 0 Å². The lowest BCUT2D eigenvalue weighted by molar-refractivity contribution is 0.0828. The molecule has 16 heavy (non-hydrogen) atoms. The summed E-state index contributed by atoms with van der Waals surface area (Å²) in [5.41, 5.74) is 1.50. The molecule has 0 aliphatic carbocycles. The Morgan fingerprint density at radius 3 is 2.88 bits per heavy atom. The van der Waals surface area contributed by atoms with Crippen molar-refractivity contribution in [3.05, 3.63) is 33.8 Å². The number of imide groups is 1. The van der Waals surface area contributed by atoms with Crippen molar-refractivity contribution in [2.45, 2.75) is 6.92 Å². The van der Waals surface area contributed by atoms with E-state index in [0.29, 0.717) is 18.7 Å². The Morgan fingerprint density at radius 2 is 2.25 bits per heavy atom. The Hall–Kier alpha value is -1.36. The number of amides is 3. The number of carbonyl (C=O) groups is 2. The molecule has 1 aliphatic heterocycles. The van der Waals surface area contributed by atoms with Crippen LogP contribution in [0.15, 0.2) is 22.7 Å². The van der Waals surface area contributed by atoms with E-state index in [1.807, 2.05) is 13.0 Å². The Bertz CT molecular complexity index is 459. The second kappa shape index (κ2) is 4.25. The predicted molar refractivity (Wildman–Crippen MR) is 63.3 cm³/mol. The van der Waals surface area contributed by atoms with E-state index in [1.165, 1.54) is 4.90 Å². The van der Waals surface area contributed by atoms with Crippen LogP contribution in [0.1, 0.15) is 15.9 Å². The predicted octanol–water partition coefficient (Wildman–Crippen LogP) is 1.92. The van der Waals surface area contributed by atoms with E-state index in [9.17, 15) is 9.59 Å². The number of carbonyl (C=O) groups excluding carboxylic acids is 2. The Labute approximate surface area is 102 Å². The summed E-state index contributed by atoms with van der Waals surface area (Å²) in [5, 5.41) is 2.61. The molecule has 0 aromatic heterocycles. The van der Waals surface area contributed by atoms with Crippen molar-refractivity contribution in [1.29, 1.82) is 0 Å². The number of nitrogens with zero attached hydrogens (tertiary/aromatic N) is 1. The molecule has 0 atom stereocenters. The van der Waals surface area contributed by atoms with E-state index < -0.39 is 0 Å². The number of benzene rings is 1. The van der Waals surface area contributed by atoms with Gasteiger partial charge >= 0.3 is 6.03 Å². The number of rotatable bonds is 1. The molecule has 0 saturated carbocycles. The summed E-state index contributed by atoms with van der Waals surface area (Å²) in [7, 11) is 0. The third kappa shape index (κ3) is 1.82. The standard InChI is InChI=1S/C11H11BrN2O2/c1-7-3-2-4-8(9(7)12)10(15)14-6-5-13-11(14)16/h2-4H,5-6H2,1H3,(H,13,16). The summed E-state index contributed by atoms with van der Waals surface area (Å²) >= 11 is 3.37. The second-order valence-corrected chi connectivity index (χ2v) is 4.42. The summed E-state index contributed by atoms with van der Waals surface area (Å²) in [6.07, 6.45) is 0. The fraction of sp³-hybridized carbons (Fsp3) is 0.273. The molecule has 3 amide bonds. The number of halogens is 1. The van der Waals surface area contributed by atoms with E-state index >= 15 is 0 Å². The fourth-order valence-corrected chi connectivity index (χ4v) is 2.06. The van der Waals surface area contributed by atoms with Crippen molar-refractivity contribution in [2.24, 2.45) is 0 Å². The quantitative estimate of drug-likeness (QED) is 0.856. The molecule has 1 N–H and O–H groups in total. The maximum atomic E-state index is 12.1. The summed E-state index contributed by atoms with van der Waals surface area (Å²) in [5.74, 6) is -0.259. The number of aryl methyl sites for hydroxylation is 1. The Kier molecular flexibility index (Phi) is 2.96. The molecule has 84 valence electrons. The van der Waals surface area contributed by atoms with Gasteiger partial charge in [0.1, 0.15) is 0 Å². The average Bonchev–Trinajstić information content (AvgIpc) is 2.68. The smallest absolute Gasteiger partial charge is 0.324 e. The van der Waals surface area contributed by atoms with Gasteiger partial charge in [0.15, 0.2) is 0 Å². The van der Waals surface area contributed by atoms with Crippen LogP contribution >= 0.6 is 15.9 Å². The van der Waals surface area contributed by atoms with Crippen molar-refractivity contribution in [3.8, 4) is 0 Å². The summed E-state index contributed by atoms with van der Waals surface area (Å²) < 4.78 is 0.750. The van der Waals surface area contributed by atoms with Gasteiger partial charge in [0.25, 0.3) is 5.91 Å². The molecule has 1 aliphatic rings. The van der Waals surface area contributed by atoms with E-state index in [2.05, 4.69) is 21.2 Å². The zero-order valence-electron chi connectivity index (χ0n) is 8.79. The maximum absolute atomic E-state index is 12.1. The summed E-state index contributed by atoms with van der Waals surface area (Å²) in [4.78, 5) is 24.7. The van der Waals surface area contributed by atoms with Crippen LogP contribution in [0, 0.1) is 6.92 Å². The van der Waals surface area contributed by atoms with Gasteiger partial charge < -0.3 is 5.32 Å². The van der Waals surface area contributed by atoms with E-state index in [0.717, 1.165) is 10.0 Å². The van der Waals surface area contributed by atoms with Gasteiger partial charge in [0.2, 0.25) is 0 Å². The molecule has 1 heterocycles. The molecular weight excluding hydrogens is 272 g/mol. The minimum Gasteiger partial charge on any atom is -0.336 e. The van der Waals surface area contributed by atoms with E-state index in [-0.39, 0.29) is 11.9 Å². The normalized spacial score (nSPS) is 15.1. The molecule has 0 unspecified atom stereocenters. The molecule has 1 fully saturated rings. The first-order chi connectivity index (χ1) is 7.61. The maximum Gasteiger partial charge on any atom is 0.324 e. The zero-order chi connectivity index (χ0) is 11.7. The Morgan fingerprint density at radius 1 is 1.50 bits per heavy atom. The van der Waals surface area contributed by atoms with Gasteiger partial charge in [-0.05, 0) is 34.5 Å². The zero-order valence-corrected chi connectivity index (χ0v) is 10.4. The number of nitrogens with one attached hydrogen (secondary N) is 1. The van der Waals surface area contributed by atoms with Crippen LogP contribution in [0.25, 0.3) is 0 Å². The van der Waals surface area contributed by atoms with E-state index in [4.69, 9.17) is 0 Å². The van der Waals surface area contributed by atoms with E-state index in [1.54, 1.807) is 12.1 Å². The minimum atomic E-state index is -0.321. The first kappa shape index (κ1) is 11.1. The van der Waals surface area contributed by atoms with Crippen molar-refractivity contribution in [3.63, 3.8) is 0 Å². The van der Waals surface area contributed by atoms with Gasteiger partial charge in [-0.25, -0.2) is 4.79 Å². The fourth-order valence-electron chi connectivity index (χ4n) is 1.62. The molecule has 1 aromatic carbocycles. The third-order valence-electron chi connectivity index (χ3n) is 2.52. The van der Waals surface area contributed by atoms with Gasteiger partial charge in [0.05, 0.1) is 5.56 Å². The van der Waals surface area contributed by atoms with Crippen LogP contribution in [0.3, 0.4) is 0 Å². The largest absolute Gasteiger partial charge is 0.336 e. The lowest BCUT2D eigenvalue weighted by atomic mass is 10.1. The lowest BCUT2D eigenvalue weighted by Crippen LogP contribution is -2.34. The molecule has 0 spiro atoms. The number of urea groups is 1. The van der Waals surface area contributed by atoms with Crippen molar-refractivity contribution < 1.29 is 9.59 Å². The SMILES string of the molecule is Cc1cccc(C(=O)N2CCNC2=O)c1Br. The van der Waals surface area contributed by atoms with Gasteiger partial charge in [-0.3, -0.25) is 9.69 Å². The molecule has 2 rings (SSSR count). The summed E-state index contributed by atoms with van der Waals surface area (Å²) in [6.45, 7) is 2.86. The summed E-state index contributed by atoms with van der Waals surface area (Å²) in [6, 6.07) is 5.11. The number of hydrogen-bond donors (Lipinski definition) is 1. The van der Waals surface area contributed by atoms with Crippen molar-refractivity contribution in [2.75, 3.05) is 13.1 Å². The Balaban J connectivity index is 2.34. The highest BCUT2D eigenvalue weighted by atomic mass is 79.9. The highest BCUT2D eigenvalue weighted by molar-refractivity contribution is 9.10. The first-order valence-electron chi connectivity index (χ1n) is 4.96. The van der Waals surface area contributed by atoms with Gasteiger partial charge in [0, 0.05) is 17.6 Å².